The van der Waals surface area contributed by atoms with E-state index in [0.717, 1.165) is 0 Å². The normalized spacial score (nSPS) is 15.2. The number of rotatable bonds is 6. The van der Waals surface area contributed by atoms with Gasteiger partial charge in [0.15, 0.2) is 0 Å². The molecule has 1 atom stereocenters. The highest BCUT2D eigenvalue weighted by atomic mass is 31.2. The van der Waals surface area contributed by atoms with Crippen LogP contribution >= 0.6 is 15.2 Å². The van der Waals surface area contributed by atoms with E-state index < -0.39 is 27.5 Å². The summed E-state index contributed by atoms with van der Waals surface area (Å²) in [6.07, 6.45) is 0.262. The van der Waals surface area contributed by atoms with Gasteiger partial charge in [0.2, 0.25) is 5.88 Å². The van der Waals surface area contributed by atoms with Crippen molar-refractivity contribution in [2.75, 3.05) is 12.3 Å². The number of nitrogens with zero attached hydrogens (tertiary/aromatic N) is 1. The molecule has 1 heterocycles. The molecule has 1 aromatic heterocycles. The SMILES string of the molecule is NOP(=O)(CCP(=O)(O)O)Oc1ccccn1. The maximum Gasteiger partial charge on any atom is 0.397 e. The van der Waals surface area contributed by atoms with Crippen molar-refractivity contribution in [3.8, 4) is 5.88 Å². The lowest BCUT2D eigenvalue weighted by Crippen LogP contribution is -2.10. The lowest BCUT2D eigenvalue weighted by Gasteiger charge is -2.15. The van der Waals surface area contributed by atoms with Crippen LogP contribution in [0.1, 0.15) is 0 Å². The Balaban J connectivity index is 2.70. The minimum Gasteiger partial charge on any atom is -0.405 e. The average molecular weight is 282 g/mol. The highest BCUT2D eigenvalue weighted by molar-refractivity contribution is 7.57. The first-order valence-electron chi connectivity index (χ1n) is 4.47. The monoisotopic (exact) mass is 282 g/mol. The zero-order valence-electron chi connectivity index (χ0n) is 8.67. The van der Waals surface area contributed by atoms with Gasteiger partial charge >= 0.3 is 15.2 Å². The van der Waals surface area contributed by atoms with Crippen LogP contribution in [0.15, 0.2) is 24.4 Å². The number of aromatic nitrogens is 1. The van der Waals surface area contributed by atoms with Crippen LogP contribution in [-0.2, 0) is 13.8 Å². The predicted molar refractivity (Wildman–Crippen MR) is 59.5 cm³/mol. The topological polar surface area (TPSA) is 132 Å². The molecule has 1 rings (SSSR count). The Morgan fingerprint density at radius 2 is 2.00 bits per heavy atom. The molecule has 0 aliphatic carbocycles. The van der Waals surface area contributed by atoms with E-state index in [1.807, 2.05) is 0 Å². The molecule has 0 fully saturated rings. The van der Waals surface area contributed by atoms with Crippen molar-refractivity contribution < 1.29 is 28.1 Å². The largest absolute Gasteiger partial charge is 0.405 e. The molecule has 0 aromatic carbocycles. The standard InChI is InChI=1S/C7H12N2O6P2/c8-15-17(13,6-5-16(10,11)12)14-7-3-1-2-4-9-7/h1-4H,5-6,8H2,(H2,10,11,12). The summed E-state index contributed by atoms with van der Waals surface area (Å²) in [6.45, 7) is 0. The molecule has 0 saturated heterocycles. The summed E-state index contributed by atoms with van der Waals surface area (Å²) in [4.78, 5) is 21.1. The Labute approximate surface area is 97.4 Å². The molecule has 0 radical (unpaired) electrons. The van der Waals surface area contributed by atoms with Crippen molar-refractivity contribution in [3.05, 3.63) is 24.4 Å². The number of pyridine rings is 1. The van der Waals surface area contributed by atoms with Gasteiger partial charge in [0, 0.05) is 12.3 Å². The number of hydrogen-bond acceptors (Lipinski definition) is 6. The molecule has 0 spiro atoms. The van der Waals surface area contributed by atoms with E-state index in [-0.39, 0.29) is 5.88 Å². The fourth-order valence-electron chi connectivity index (χ4n) is 0.916. The van der Waals surface area contributed by atoms with Gasteiger partial charge in [0.1, 0.15) is 0 Å². The zero-order chi connectivity index (χ0) is 12.9. The third kappa shape index (κ3) is 5.41. The third-order valence-corrected chi connectivity index (χ3v) is 4.41. The van der Waals surface area contributed by atoms with E-state index in [1.165, 1.54) is 12.3 Å². The predicted octanol–water partition coefficient (Wildman–Crippen LogP) is 0.721. The molecule has 1 unspecified atom stereocenters. The molecule has 0 saturated carbocycles. The summed E-state index contributed by atoms with van der Waals surface area (Å²) >= 11 is 0. The summed E-state index contributed by atoms with van der Waals surface area (Å²) in [5.74, 6) is 4.82. The fraction of sp³-hybridized carbons (Fsp3) is 0.286. The van der Waals surface area contributed by atoms with Crippen LogP contribution in [0.2, 0.25) is 0 Å². The van der Waals surface area contributed by atoms with Crippen molar-refractivity contribution in [1.29, 1.82) is 0 Å². The molecule has 0 aliphatic heterocycles. The van der Waals surface area contributed by atoms with Crippen LogP contribution in [0.25, 0.3) is 0 Å². The molecule has 96 valence electrons. The first-order chi connectivity index (χ1) is 7.85. The van der Waals surface area contributed by atoms with E-state index >= 15 is 0 Å². The smallest absolute Gasteiger partial charge is 0.397 e. The molecule has 4 N–H and O–H groups in total. The van der Waals surface area contributed by atoms with E-state index in [4.69, 9.17) is 20.2 Å². The fourth-order valence-corrected chi connectivity index (χ4v) is 3.57. The second-order valence-electron chi connectivity index (χ2n) is 3.09. The lowest BCUT2D eigenvalue weighted by atomic mass is 10.5. The molecule has 17 heavy (non-hydrogen) atoms. The van der Waals surface area contributed by atoms with Gasteiger partial charge in [-0.1, -0.05) is 6.07 Å². The maximum absolute atomic E-state index is 11.8. The summed E-state index contributed by atoms with van der Waals surface area (Å²) < 4.78 is 31.6. The highest BCUT2D eigenvalue weighted by Gasteiger charge is 2.30. The van der Waals surface area contributed by atoms with Crippen LogP contribution in [-0.4, -0.2) is 27.1 Å². The third-order valence-electron chi connectivity index (χ3n) is 1.70. The minimum atomic E-state index is -4.29. The van der Waals surface area contributed by atoms with Crippen LogP contribution in [0.4, 0.5) is 0 Å². The van der Waals surface area contributed by atoms with E-state index in [1.54, 1.807) is 12.1 Å². The average Bonchev–Trinajstić information content (AvgIpc) is 2.27. The minimum absolute atomic E-state index is 0.00648. The van der Waals surface area contributed by atoms with Crippen LogP contribution in [0.3, 0.4) is 0 Å². The van der Waals surface area contributed by atoms with E-state index in [0.29, 0.717) is 0 Å². The Hall–Kier alpha value is -0.750. The van der Waals surface area contributed by atoms with Gasteiger partial charge in [0.25, 0.3) is 0 Å². The van der Waals surface area contributed by atoms with Crippen molar-refractivity contribution in [1.82, 2.24) is 4.98 Å². The Morgan fingerprint density at radius 3 is 2.47 bits per heavy atom. The first-order valence-corrected chi connectivity index (χ1v) is 8.00. The van der Waals surface area contributed by atoms with Crippen molar-refractivity contribution in [3.63, 3.8) is 0 Å². The Kier molecular flexibility index (Phi) is 4.82. The molecule has 0 bridgehead atoms. The molecule has 1 aromatic rings. The van der Waals surface area contributed by atoms with Crippen molar-refractivity contribution in [2.45, 2.75) is 0 Å². The maximum atomic E-state index is 11.8. The van der Waals surface area contributed by atoms with Crippen LogP contribution in [0, 0.1) is 0 Å². The summed E-state index contributed by atoms with van der Waals surface area (Å²) in [5.41, 5.74) is 0. The lowest BCUT2D eigenvalue weighted by molar-refractivity contribution is 0.271. The van der Waals surface area contributed by atoms with Gasteiger partial charge in [-0.25, -0.2) is 20.1 Å². The molecule has 10 heteroatoms. The van der Waals surface area contributed by atoms with Gasteiger partial charge < -0.3 is 14.3 Å². The van der Waals surface area contributed by atoms with Gasteiger partial charge in [-0.2, -0.15) is 0 Å². The second-order valence-corrected chi connectivity index (χ2v) is 6.93. The quantitative estimate of drug-likeness (QED) is 0.513. The number of hydrogen-bond donors (Lipinski definition) is 3. The summed E-state index contributed by atoms with van der Waals surface area (Å²) in [5, 5.41) is 0. The molecular formula is C7H12N2O6P2. The number of nitrogens with two attached hydrogens (primary N) is 1. The van der Waals surface area contributed by atoms with Crippen LogP contribution < -0.4 is 10.4 Å². The highest BCUT2D eigenvalue weighted by Crippen LogP contribution is 2.49. The van der Waals surface area contributed by atoms with Gasteiger partial charge in [-0.05, 0) is 6.07 Å². The van der Waals surface area contributed by atoms with Crippen molar-refractivity contribution >= 4 is 15.2 Å². The van der Waals surface area contributed by atoms with E-state index in [2.05, 4.69) is 9.61 Å². The van der Waals surface area contributed by atoms with Crippen LogP contribution in [0.5, 0.6) is 5.88 Å². The van der Waals surface area contributed by atoms with E-state index in [9.17, 15) is 9.13 Å². The Morgan fingerprint density at radius 1 is 1.29 bits per heavy atom. The van der Waals surface area contributed by atoms with Gasteiger partial charge in [-0.15, -0.1) is 0 Å². The summed E-state index contributed by atoms with van der Waals surface area (Å²) in [7, 11) is -8.08. The first kappa shape index (κ1) is 14.3. The molecule has 0 amide bonds. The Bertz CT molecular complexity index is 447. The van der Waals surface area contributed by atoms with Crippen molar-refractivity contribution in [2.24, 2.45) is 5.90 Å². The molecular weight excluding hydrogens is 270 g/mol. The summed E-state index contributed by atoms with van der Waals surface area (Å²) in [6, 6.07) is 4.63. The molecule has 8 nitrogen and oxygen atoms in total. The van der Waals surface area contributed by atoms with Gasteiger partial charge in [-0.3, -0.25) is 4.57 Å². The second kappa shape index (κ2) is 5.73. The van der Waals surface area contributed by atoms with Gasteiger partial charge in [0.05, 0.1) is 12.3 Å². The zero-order valence-corrected chi connectivity index (χ0v) is 10.5. The molecule has 0 aliphatic rings.